The minimum Gasteiger partial charge on any atom is -0.434 e. The Hall–Kier alpha value is -0.250. The van der Waals surface area contributed by atoms with Crippen LogP contribution in [0, 0.1) is 0 Å². The predicted octanol–water partition coefficient (Wildman–Crippen LogP) is 8.57. The lowest BCUT2D eigenvalue weighted by molar-refractivity contribution is 0.0154. The van der Waals surface area contributed by atoms with E-state index in [0.29, 0.717) is 6.61 Å². The Morgan fingerprint density at radius 3 is 1.70 bits per heavy atom. The maximum absolute atomic E-state index is 12.0. The fourth-order valence-electron chi connectivity index (χ4n) is 3.27. The molecular formula is C23H45BrO3. The van der Waals surface area contributed by atoms with E-state index in [2.05, 4.69) is 29.8 Å². The third kappa shape index (κ3) is 20.3. The maximum Gasteiger partial charge on any atom is 0.508 e. The van der Waals surface area contributed by atoms with Crippen LogP contribution in [0.1, 0.15) is 123 Å². The van der Waals surface area contributed by atoms with Crippen LogP contribution in [0.25, 0.3) is 0 Å². The van der Waals surface area contributed by atoms with E-state index in [9.17, 15) is 4.79 Å². The van der Waals surface area contributed by atoms with Crippen LogP contribution in [0.4, 0.5) is 4.79 Å². The molecule has 0 fully saturated rings. The quantitative estimate of drug-likeness (QED) is 0.106. The van der Waals surface area contributed by atoms with Crippen LogP contribution in [-0.2, 0) is 9.47 Å². The molecule has 0 bridgehead atoms. The fourth-order valence-corrected chi connectivity index (χ4v) is 3.66. The summed E-state index contributed by atoms with van der Waals surface area (Å²) < 4.78 is 10.9. The Bertz CT molecular complexity index is 298. The summed E-state index contributed by atoms with van der Waals surface area (Å²) in [4.78, 5) is 12.0. The molecule has 0 radical (unpaired) electrons. The molecule has 0 N–H and O–H groups in total. The molecule has 0 unspecified atom stereocenters. The summed E-state index contributed by atoms with van der Waals surface area (Å²) in [5.74, 6) is 0. The molecule has 0 aromatic heterocycles. The van der Waals surface area contributed by atoms with Crippen LogP contribution >= 0.6 is 15.9 Å². The van der Waals surface area contributed by atoms with Gasteiger partial charge in [-0.1, -0.05) is 100 Å². The molecule has 0 saturated heterocycles. The number of alkyl halides is 1. The van der Waals surface area contributed by atoms with Gasteiger partial charge in [0.05, 0.1) is 6.61 Å². The second-order valence-electron chi connectivity index (χ2n) is 7.70. The first kappa shape index (κ1) is 26.8. The van der Waals surface area contributed by atoms with Crippen molar-refractivity contribution in [2.75, 3.05) is 11.9 Å². The van der Waals surface area contributed by atoms with Crippen LogP contribution in [0.5, 0.6) is 0 Å². The Morgan fingerprint density at radius 2 is 1.19 bits per heavy atom. The number of hydrogen-bond acceptors (Lipinski definition) is 3. The number of ether oxygens (including phenoxy) is 2. The van der Waals surface area contributed by atoms with Crippen molar-refractivity contribution in [3.63, 3.8) is 0 Å². The second kappa shape index (κ2) is 22.0. The third-order valence-electron chi connectivity index (χ3n) is 5.02. The average Bonchev–Trinajstić information content (AvgIpc) is 2.67. The Labute approximate surface area is 177 Å². The van der Waals surface area contributed by atoms with Crippen molar-refractivity contribution in [2.45, 2.75) is 129 Å². The Balaban J connectivity index is 3.80. The molecule has 0 atom stereocenters. The molecule has 4 heteroatoms. The average molecular weight is 450 g/mol. The van der Waals surface area contributed by atoms with Gasteiger partial charge in [0.15, 0.2) is 0 Å². The van der Waals surface area contributed by atoms with Gasteiger partial charge in [-0.2, -0.15) is 0 Å². The summed E-state index contributed by atoms with van der Waals surface area (Å²) >= 11 is 3.46. The molecule has 0 heterocycles. The molecule has 162 valence electrons. The van der Waals surface area contributed by atoms with E-state index in [1.54, 1.807) is 0 Å². The van der Waals surface area contributed by atoms with Gasteiger partial charge < -0.3 is 9.47 Å². The molecule has 0 aromatic rings. The highest BCUT2D eigenvalue weighted by Crippen LogP contribution is 2.16. The van der Waals surface area contributed by atoms with E-state index < -0.39 is 6.16 Å². The zero-order valence-corrected chi connectivity index (χ0v) is 19.7. The monoisotopic (exact) mass is 448 g/mol. The van der Waals surface area contributed by atoms with E-state index in [1.807, 2.05) is 0 Å². The number of halogens is 1. The minimum atomic E-state index is -0.455. The highest BCUT2D eigenvalue weighted by atomic mass is 79.9. The highest BCUT2D eigenvalue weighted by molar-refractivity contribution is 9.09. The van der Waals surface area contributed by atoms with Crippen molar-refractivity contribution in [3.8, 4) is 0 Å². The standard InChI is InChI=1S/C23H45BrO3/c1-3-5-7-14-18-22(19-15-8-6-4-2)27-23(25)26-21-17-13-11-9-10-12-16-20-24/h22H,3-21H2,1-2H3. The van der Waals surface area contributed by atoms with Gasteiger partial charge in [-0.15, -0.1) is 0 Å². The van der Waals surface area contributed by atoms with Crippen LogP contribution in [0.15, 0.2) is 0 Å². The van der Waals surface area contributed by atoms with Crippen molar-refractivity contribution in [3.05, 3.63) is 0 Å². The maximum atomic E-state index is 12.0. The summed E-state index contributed by atoms with van der Waals surface area (Å²) in [5, 5.41) is 1.11. The van der Waals surface area contributed by atoms with Crippen LogP contribution in [0.3, 0.4) is 0 Å². The smallest absolute Gasteiger partial charge is 0.434 e. The SMILES string of the molecule is CCCCCCC(CCCCCC)OC(=O)OCCCCCCCCCBr. The number of rotatable bonds is 20. The van der Waals surface area contributed by atoms with Crippen LogP contribution in [-0.4, -0.2) is 24.2 Å². The predicted molar refractivity (Wildman–Crippen MR) is 120 cm³/mol. The molecule has 0 amide bonds. The molecule has 0 aliphatic heterocycles. The lowest BCUT2D eigenvalue weighted by atomic mass is 10.0. The van der Waals surface area contributed by atoms with Crippen LogP contribution in [0.2, 0.25) is 0 Å². The molecule has 0 rings (SSSR count). The van der Waals surface area contributed by atoms with Crippen molar-refractivity contribution in [1.82, 2.24) is 0 Å². The summed E-state index contributed by atoms with van der Waals surface area (Å²) in [6, 6.07) is 0. The molecule has 0 aliphatic rings. The van der Waals surface area contributed by atoms with Gasteiger partial charge in [0.1, 0.15) is 6.10 Å². The first-order valence-electron chi connectivity index (χ1n) is 11.6. The van der Waals surface area contributed by atoms with Crippen molar-refractivity contribution in [2.24, 2.45) is 0 Å². The van der Waals surface area contributed by atoms with Crippen molar-refractivity contribution in [1.29, 1.82) is 0 Å². The highest BCUT2D eigenvalue weighted by Gasteiger charge is 2.15. The first-order chi connectivity index (χ1) is 13.2. The summed E-state index contributed by atoms with van der Waals surface area (Å²) in [5.41, 5.74) is 0. The summed E-state index contributed by atoms with van der Waals surface area (Å²) in [6.45, 7) is 4.94. The van der Waals surface area contributed by atoms with Crippen molar-refractivity contribution < 1.29 is 14.3 Å². The largest absolute Gasteiger partial charge is 0.508 e. The zero-order chi connectivity index (χ0) is 20.0. The summed E-state index contributed by atoms with van der Waals surface area (Å²) in [7, 11) is 0. The van der Waals surface area contributed by atoms with Gasteiger partial charge in [-0.3, -0.25) is 0 Å². The van der Waals surface area contributed by atoms with Gasteiger partial charge in [-0.25, -0.2) is 4.79 Å². The summed E-state index contributed by atoms with van der Waals surface area (Å²) in [6.07, 6.45) is 19.8. The zero-order valence-electron chi connectivity index (χ0n) is 18.1. The van der Waals surface area contributed by atoms with Gasteiger partial charge in [0, 0.05) is 5.33 Å². The molecule has 27 heavy (non-hydrogen) atoms. The lowest BCUT2D eigenvalue weighted by Crippen LogP contribution is -2.19. The molecule has 0 aliphatic carbocycles. The third-order valence-corrected chi connectivity index (χ3v) is 5.58. The van der Waals surface area contributed by atoms with E-state index in [1.165, 1.54) is 70.6 Å². The second-order valence-corrected chi connectivity index (χ2v) is 8.49. The number of carbonyl (C=O) groups is 1. The minimum absolute atomic E-state index is 0.0423. The fraction of sp³-hybridized carbons (Fsp3) is 0.957. The van der Waals surface area contributed by atoms with E-state index in [4.69, 9.17) is 9.47 Å². The molecular weight excluding hydrogens is 404 g/mol. The molecule has 3 nitrogen and oxygen atoms in total. The van der Waals surface area contributed by atoms with Gasteiger partial charge in [0.2, 0.25) is 0 Å². The normalized spacial score (nSPS) is 11.1. The van der Waals surface area contributed by atoms with Crippen LogP contribution < -0.4 is 0 Å². The topological polar surface area (TPSA) is 35.5 Å². The van der Waals surface area contributed by atoms with Gasteiger partial charge >= 0.3 is 6.16 Å². The Kier molecular flexibility index (Phi) is 21.8. The molecule has 0 saturated carbocycles. The van der Waals surface area contributed by atoms with E-state index in [0.717, 1.165) is 43.9 Å². The molecule has 0 aromatic carbocycles. The van der Waals surface area contributed by atoms with Crippen molar-refractivity contribution >= 4 is 22.1 Å². The Morgan fingerprint density at radius 1 is 0.704 bits per heavy atom. The molecule has 0 spiro atoms. The van der Waals surface area contributed by atoms with E-state index in [-0.39, 0.29) is 6.10 Å². The lowest BCUT2D eigenvalue weighted by Gasteiger charge is -2.17. The van der Waals surface area contributed by atoms with Gasteiger partial charge in [-0.05, 0) is 38.5 Å². The van der Waals surface area contributed by atoms with E-state index >= 15 is 0 Å². The number of hydrogen-bond donors (Lipinski definition) is 0. The number of carbonyl (C=O) groups excluding carboxylic acids is 1. The first-order valence-corrected chi connectivity index (χ1v) is 12.8. The number of unbranched alkanes of at least 4 members (excludes halogenated alkanes) is 12. The van der Waals surface area contributed by atoms with Gasteiger partial charge in [0.25, 0.3) is 0 Å².